The molecule has 0 aliphatic carbocycles. The van der Waals surface area contributed by atoms with Crippen molar-refractivity contribution in [2.24, 2.45) is 0 Å². The molecule has 120 valence electrons. The summed E-state index contributed by atoms with van der Waals surface area (Å²) < 4.78 is 0. The normalized spacial score (nSPS) is 10.7. The lowest BCUT2D eigenvalue weighted by Crippen LogP contribution is -2.03. The van der Waals surface area contributed by atoms with E-state index in [0.29, 0.717) is 5.56 Å². The predicted octanol–water partition coefficient (Wildman–Crippen LogP) is 6.22. The summed E-state index contributed by atoms with van der Waals surface area (Å²) >= 11 is 1.65. The molecule has 0 bridgehead atoms. The Balaban J connectivity index is 1.89. The van der Waals surface area contributed by atoms with Crippen LogP contribution in [0.5, 0.6) is 0 Å². The van der Waals surface area contributed by atoms with Crippen LogP contribution in [0.25, 0.3) is 10.8 Å². The SMILES string of the molecule is O=C(c1ccccc1)c1ccc2ccccc2c1Sc1ccccc1. The Morgan fingerprint density at radius 2 is 1.28 bits per heavy atom. The van der Waals surface area contributed by atoms with E-state index in [1.807, 2.05) is 72.8 Å². The molecule has 0 saturated heterocycles. The first-order chi connectivity index (χ1) is 12.3. The summed E-state index contributed by atoms with van der Waals surface area (Å²) in [4.78, 5) is 15.2. The van der Waals surface area contributed by atoms with Crippen molar-refractivity contribution in [3.8, 4) is 0 Å². The second kappa shape index (κ2) is 6.96. The van der Waals surface area contributed by atoms with Crippen LogP contribution < -0.4 is 0 Å². The molecule has 0 aliphatic rings. The molecule has 0 spiro atoms. The zero-order valence-electron chi connectivity index (χ0n) is 13.6. The van der Waals surface area contributed by atoms with Gasteiger partial charge in [-0.25, -0.2) is 0 Å². The van der Waals surface area contributed by atoms with Gasteiger partial charge in [0.25, 0.3) is 0 Å². The molecular formula is C23H16OS. The number of hydrogen-bond acceptors (Lipinski definition) is 2. The largest absolute Gasteiger partial charge is 0.289 e. The van der Waals surface area contributed by atoms with Gasteiger partial charge in [0.15, 0.2) is 5.78 Å². The zero-order chi connectivity index (χ0) is 17.1. The number of fused-ring (bicyclic) bond motifs is 1. The quantitative estimate of drug-likeness (QED) is 0.410. The minimum atomic E-state index is 0.0600. The van der Waals surface area contributed by atoms with Gasteiger partial charge in [0, 0.05) is 20.9 Å². The van der Waals surface area contributed by atoms with Gasteiger partial charge in [-0.1, -0.05) is 90.6 Å². The van der Waals surface area contributed by atoms with Crippen molar-refractivity contribution in [3.63, 3.8) is 0 Å². The van der Waals surface area contributed by atoms with Crippen LogP contribution in [-0.4, -0.2) is 5.78 Å². The number of carbonyl (C=O) groups excluding carboxylic acids is 1. The van der Waals surface area contributed by atoms with Crippen molar-refractivity contribution in [2.45, 2.75) is 9.79 Å². The minimum Gasteiger partial charge on any atom is -0.289 e. The maximum Gasteiger partial charge on any atom is 0.194 e. The molecule has 0 radical (unpaired) electrons. The Kier molecular flexibility index (Phi) is 4.36. The standard InChI is InChI=1S/C23H16OS/c24-22(18-10-3-1-4-11-18)21-16-15-17-9-7-8-14-20(17)23(21)25-19-12-5-2-6-13-19/h1-16H. The Labute approximate surface area is 151 Å². The van der Waals surface area contributed by atoms with E-state index in [1.165, 1.54) is 0 Å². The molecule has 0 N–H and O–H groups in total. The number of benzene rings is 4. The highest BCUT2D eigenvalue weighted by Crippen LogP contribution is 2.37. The number of carbonyl (C=O) groups is 1. The minimum absolute atomic E-state index is 0.0600. The van der Waals surface area contributed by atoms with Gasteiger partial charge in [0.05, 0.1) is 0 Å². The first kappa shape index (κ1) is 15.7. The third-order valence-electron chi connectivity index (χ3n) is 4.12. The van der Waals surface area contributed by atoms with E-state index in [2.05, 4.69) is 24.3 Å². The van der Waals surface area contributed by atoms with E-state index in [4.69, 9.17) is 0 Å². The highest BCUT2D eigenvalue weighted by molar-refractivity contribution is 7.99. The van der Waals surface area contributed by atoms with Gasteiger partial charge in [-0.3, -0.25) is 4.79 Å². The molecule has 2 heteroatoms. The third kappa shape index (κ3) is 3.21. The number of hydrogen-bond donors (Lipinski definition) is 0. The Morgan fingerprint density at radius 1 is 0.640 bits per heavy atom. The lowest BCUT2D eigenvalue weighted by molar-refractivity contribution is 0.103. The lowest BCUT2D eigenvalue weighted by atomic mass is 10.00. The van der Waals surface area contributed by atoms with Crippen LogP contribution in [0.4, 0.5) is 0 Å². The van der Waals surface area contributed by atoms with E-state index in [-0.39, 0.29) is 5.78 Å². The molecule has 0 heterocycles. The van der Waals surface area contributed by atoms with Crippen LogP contribution >= 0.6 is 11.8 Å². The topological polar surface area (TPSA) is 17.1 Å². The molecule has 1 nitrogen and oxygen atoms in total. The van der Waals surface area contributed by atoms with Crippen LogP contribution in [-0.2, 0) is 0 Å². The first-order valence-corrected chi connectivity index (χ1v) is 8.99. The molecule has 0 atom stereocenters. The Bertz CT molecular complexity index is 1020. The molecule has 0 aromatic heterocycles. The van der Waals surface area contributed by atoms with Crippen LogP contribution in [0.1, 0.15) is 15.9 Å². The summed E-state index contributed by atoms with van der Waals surface area (Å²) in [5.41, 5.74) is 1.46. The summed E-state index contributed by atoms with van der Waals surface area (Å²) in [6, 6.07) is 31.9. The second-order valence-electron chi connectivity index (χ2n) is 5.77. The zero-order valence-corrected chi connectivity index (χ0v) is 14.4. The van der Waals surface area contributed by atoms with Gasteiger partial charge >= 0.3 is 0 Å². The summed E-state index contributed by atoms with van der Waals surface area (Å²) in [6.45, 7) is 0. The van der Waals surface area contributed by atoms with E-state index < -0.39 is 0 Å². The molecule has 4 aromatic carbocycles. The fraction of sp³-hybridized carbons (Fsp3) is 0. The van der Waals surface area contributed by atoms with Gasteiger partial charge in [-0.05, 0) is 29.0 Å². The van der Waals surface area contributed by atoms with Crippen LogP contribution in [0.3, 0.4) is 0 Å². The van der Waals surface area contributed by atoms with Crippen molar-refractivity contribution in [1.82, 2.24) is 0 Å². The van der Waals surface area contributed by atoms with Crippen LogP contribution in [0, 0.1) is 0 Å². The number of ketones is 1. The van der Waals surface area contributed by atoms with Crippen molar-refractivity contribution in [3.05, 3.63) is 108 Å². The molecule has 0 fully saturated rings. The van der Waals surface area contributed by atoms with Crippen LogP contribution in [0.15, 0.2) is 107 Å². The highest BCUT2D eigenvalue weighted by atomic mass is 32.2. The van der Waals surface area contributed by atoms with Gasteiger partial charge in [-0.15, -0.1) is 0 Å². The van der Waals surface area contributed by atoms with Crippen molar-refractivity contribution >= 4 is 28.3 Å². The van der Waals surface area contributed by atoms with Crippen molar-refractivity contribution in [1.29, 1.82) is 0 Å². The average molecular weight is 340 g/mol. The number of rotatable bonds is 4. The highest BCUT2D eigenvalue weighted by Gasteiger charge is 2.17. The lowest BCUT2D eigenvalue weighted by Gasteiger charge is -2.12. The Morgan fingerprint density at radius 3 is 2.04 bits per heavy atom. The fourth-order valence-corrected chi connectivity index (χ4v) is 3.98. The van der Waals surface area contributed by atoms with E-state index >= 15 is 0 Å². The summed E-state index contributed by atoms with van der Waals surface area (Å²) in [5.74, 6) is 0.0600. The van der Waals surface area contributed by atoms with Crippen LogP contribution in [0.2, 0.25) is 0 Å². The predicted molar refractivity (Wildman–Crippen MR) is 104 cm³/mol. The van der Waals surface area contributed by atoms with Crippen molar-refractivity contribution in [2.75, 3.05) is 0 Å². The maximum absolute atomic E-state index is 13.1. The molecule has 0 aliphatic heterocycles. The molecule has 0 amide bonds. The monoisotopic (exact) mass is 340 g/mol. The molecule has 0 unspecified atom stereocenters. The average Bonchev–Trinajstić information content (AvgIpc) is 2.69. The first-order valence-electron chi connectivity index (χ1n) is 8.17. The van der Waals surface area contributed by atoms with Gasteiger partial charge in [0.2, 0.25) is 0 Å². The third-order valence-corrected chi connectivity index (χ3v) is 5.28. The molecule has 0 saturated carbocycles. The summed E-state index contributed by atoms with van der Waals surface area (Å²) in [5, 5.41) is 2.25. The fourth-order valence-electron chi connectivity index (χ4n) is 2.88. The Hall–Kier alpha value is -2.84. The van der Waals surface area contributed by atoms with Gasteiger partial charge in [0.1, 0.15) is 0 Å². The summed E-state index contributed by atoms with van der Waals surface area (Å²) in [6.07, 6.45) is 0. The van der Waals surface area contributed by atoms with E-state index in [9.17, 15) is 4.79 Å². The molecular weight excluding hydrogens is 324 g/mol. The van der Waals surface area contributed by atoms with E-state index in [1.54, 1.807) is 11.8 Å². The summed E-state index contributed by atoms with van der Waals surface area (Å²) in [7, 11) is 0. The molecule has 4 rings (SSSR count). The van der Waals surface area contributed by atoms with E-state index in [0.717, 1.165) is 26.1 Å². The maximum atomic E-state index is 13.1. The smallest absolute Gasteiger partial charge is 0.194 e. The van der Waals surface area contributed by atoms with Gasteiger partial charge < -0.3 is 0 Å². The van der Waals surface area contributed by atoms with Gasteiger partial charge in [-0.2, -0.15) is 0 Å². The molecule has 25 heavy (non-hydrogen) atoms. The second-order valence-corrected chi connectivity index (χ2v) is 6.86. The molecule has 4 aromatic rings. The van der Waals surface area contributed by atoms with Crippen molar-refractivity contribution < 1.29 is 4.79 Å².